The van der Waals surface area contributed by atoms with Crippen molar-refractivity contribution in [1.82, 2.24) is 29.7 Å². The van der Waals surface area contributed by atoms with Crippen LogP contribution >= 0.6 is 0 Å². The van der Waals surface area contributed by atoms with Crippen molar-refractivity contribution in [3.8, 4) is 17.1 Å². The minimum absolute atomic E-state index is 0.193. The van der Waals surface area contributed by atoms with E-state index in [4.69, 9.17) is 14.8 Å². The number of aliphatic hydroxyl groups is 1. The Morgan fingerprint density at radius 2 is 1.81 bits per heavy atom. The summed E-state index contributed by atoms with van der Waals surface area (Å²) in [5, 5.41) is 13.6. The molecule has 0 aliphatic carbocycles. The van der Waals surface area contributed by atoms with Crippen molar-refractivity contribution in [3.05, 3.63) is 52.2 Å². The summed E-state index contributed by atoms with van der Waals surface area (Å²) in [5.74, 6) is 1.41. The molecule has 226 valence electrons. The van der Waals surface area contributed by atoms with E-state index in [0.717, 1.165) is 75.2 Å². The highest BCUT2D eigenvalue weighted by Crippen LogP contribution is 2.43. The monoisotopic (exact) mass is 586 g/mol. The van der Waals surface area contributed by atoms with Crippen LogP contribution in [0.3, 0.4) is 0 Å². The van der Waals surface area contributed by atoms with Crippen molar-refractivity contribution in [3.63, 3.8) is 0 Å². The number of nitrogens with one attached hydrogen (secondary N) is 1. The fraction of sp³-hybridized carbons (Fsp3) is 0.484. The highest BCUT2D eigenvalue weighted by Gasteiger charge is 2.41. The third-order valence-corrected chi connectivity index (χ3v) is 8.78. The van der Waals surface area contributed by atoms with Gasteiger partial charge in [0.2, 0.25) is 5.95 Å². The molecule has 0 saturated carbocycles. The number of ether oxygens (including phenoxy) is 1. The Morgan fingerprint density at radius 3 is 2.49 bits per heavy atom. The SMILES string of the molecule is CCCc1nn(C)c2c(=O)[nH]c(-c3cc(N4CCC5(CCN(c6ncc(C(=O)CO)cn6)CC5)C4)ccc3OCC)nc12. The molecule has 4 aromatic rings. The maximum Gasteiger partial charge on any atom is 0.277 e. The first-order valence-electron chi connectivity index (χ1n) is 15.0. The van der Waals surface area contributed by atoms with Crippen molar-refractivity contribution in [2.75, 3.05) is 49.2 Å². The second-order valence-corrected chi connectivity index (χ2v) is 11.6. The molecular weight excluding hydrogens is 548 g/mol. The molecule has 5 heterocycles. The number of ketones is 1. The van der Waals surface area contributed by atoms with Gasteiger partial charge in [-0.25, -0.2) is 15.0 Å². The van der Waals surface area contributed by atoms with Gasteiger partial charge in [0, 0.05) is 51.3 Å². The van der Waals surface area contributed by atoms with E-state index in [1.54, 1.807) is 11.7 Å². The highest BCUT2D eigenvalue weighted by molar-refractivity contribution is 5.96. The maximum absolute atomic E-state index is 13.2. The van der Waals surface area contributed by atoms with Crippen LogP contribution in [0, 0.1) is 5.41 Å². The lowest BCUT2D eigenvalue weighted by Crippen LogP contribution is -2.42. The van der Waals surface area contributed by atoms with Crippen molar-refractivity contribution in [2.45, 2.75) is 46.0 Å². The number of rotatable bonds is 9. The Bertz CT molecular complexity index is 1690. The fourth-order valence-electron chi connectivity index (χ4n) is 6.43. The summed E-state index contributed by atoms with van der Waals surface area (Å²) in [4.78, 5) is 46.1. The number of anilines is 2. The third kappa shape index (κ3) is 5.47. The Morgan fingerprint density at radius 1 is 1.09 bits per heavy atom. The van der Waals surface area contributed by atoms with Gasteiger partial charge in [0.15, 0.2) is 11.3 Å². The molecule has 2 saturated heterocycles. The first-order chi connectivity index (χ1) is 20.8. The van der Waals surface area contributed by atoms with Crippen molar-refractivity contribution in [2.24, 2.45) is 12.5 Å². The number of aryl methyl sites for hydroxylation is 2. The number of aliphatic hydroxyl groups excluding tert-OH is 1. The summed E-state index contributed by atoms with van der Waals surface area (Å²) in [6.45, 7) is 7.54. The number of aromatic amines is 1. The van der Waals surface area contributed by atoms with Gasteiger partial charge in [-0.3, -0.25) is 14.3 Å². The number of piperidine rings is 1. The quantitative estimate of drug-likeness (QED) is 0.281. The molecule has 2 aliphatic heterocycles. The molecule has 0 atom stereocenters. The summed E-state index contributed by atoms with van der Waals surface area (Å²) in [7, 11) is 1.78. The summed E-state index contributed by atoms with van der Waals surface area (Å²) in [6.07, 6.45) is 7.76. The second kappa shape index (κ2) is 11.8. The van der Waals surface area contributed by atoms with Gasteiger partial charge < -0.3 is 24.6 Å². The Hall–Kier alpha value is -4.32. The van der Waals surface area contributed by atoms with E-state index >= 15 is 0 Å². The molecule has 0 radical (unpaired) electrons. The normalized spacial score (nSPS) is 16.4. The van der Waals surface area contributed by atoms with Crippen LogP contribution in [0.4, 0.5) is 11.6 Å². The minimum Gasteiger partial charge on any atom is -0.493 e. The molecule has 6 rings (SSSR count). The number of H-pyrrole nitrogens is 1. The van der Waals surface area contributed by atoms with E-state index in [-0.39, 0.29) is 16.8 Å². The summed E-state index contributed by atoms with van der Waals surface area (Å²) in [6, 6.07) is 6.15. The predicted octanol–water partition coefficient (Wildman–Crippen LogP) is 3.14. The van der Waals surface area contributed by atoms with Gasteiger partial charge in [-0.2, -0.15) is 5.10 Å². The van der Waals surface area contributed by atoms with Gasteiger partial charge >= 0.3 is 0 Å². The molecule has 2 fully saturated rings. The highest BCUT2D eigenvalue weighted by atomic mass is 16.5. The summed E-state index contributed by atoms with van der Waals surface area (Å²) >= 11 is 0. The molecule has 2 N–H and O–H groups in total. The van der Waals surface area contributed by atoms with Crippen molar-refractivity contribution in [1.29, 1.82) is 0 Å². The van der Waals surface area contributed by atoms with Crippen LogP contribution in [0.1, 0.15) is 55.6 Å². The Kier molecular flexibility index (Phi) is 7.87. The van der Waals surface area contributed by atoms with Gasteiger partial charge in [0.25, 0.3) is 5.56 Å². The first kappa shape index (κ1) is 28.8. The zero-order valence-electron chi connectivity index (χ0n) is 25.0. The lowest BCUT2D eigenvalue weighted by atomic mass is 9.78. The molecule has 43 heavy (non-hydrogen) atoms. The Labute approximate surface area is 249 Å². The number of fused-ring (bicyclic) bond motifs is 1. The molecule has 1 spiro atoms. The van der Waals surface area contributed by atoms with Crippen LogP contribution in [0.15, 0.2) is 35.4 Å². The van der Waals surface area contributed by atoms with E-state index in [0.29, 0.717) is 40.7 Å². The number of benzene rings is 1. The van der Waals surface area contributed by atoms with E-state index in [9.17, 15) is 9.59 Å². The minimum atomic E-state index is -0.546. The molecule has 12 nitrogen and oxygen atoms in total. The maximum atomic E-state index is 13.2. The zero-order valence-corrected chi connectivity index (χ0v) is 25.0. The van der Waals surface area contributed by atoms with Gasteiger partial charge in [0.05, 0.1) is 23.4 Å². The van der Waals surface area contributed by atoms with E-state index in [1.165, 1.54) is 12.4 Å². The topological polar surface area (TPSA) is 142 Å². The smallest absolute Gasteiger partial charge is 0.277 e. The molecule has 0 amide bonds. The third-order valence-electron chi connectivity index (χ3n) is 8.78. The van der Waals surface area contributed by atoms with Crippen molar-refractivity contribution < 1.29 is 14.6 Å². The van der Waals surface area contributed by atoms with Gasteiger partial charge in [-0.15, -0.1) is 0 Å². The predicted molar refractivity (Wildman–Crippen MR) is 164 cm³/mol. The molecule has 0 bridgehead atoms. The fourth-order valence-corrected chi connectivity index (χ4v) is 6.43. The van der Waals surface area contributed by atoms with Crippen LogP contribution in [0.5, 0.6) is 5.75 Å². The van der Waals surface area contributed by atoms with Gasteiger partial charge in [-0.1, -0.05) is 13.3 Å². The largest absolute Gasteiger partial charge is 0.493 e. The molecular formula is C31H38N8O4. The van der Waals surface area contributed by atoms with Crippen LogP contribution in [0.25, 0.3) is 22.4 Å². The van der Waals surface area contributed by atoms with Crippen LogP contribution in [0.2, 0.25) is 0 Å². The summed E-state index contributed by atoms with van der Waals surface area (Å²) in [5.41, 5.74) is 4.09. The molecule has 1 aromatic carbocycles. The van der Waals surface area contributed by atoms with Gasteiger partial charge in [0.1, 0.15) is 23.7 Å². The number of carbonyl (C=O) groups is 1. The molecule has 12 heteroatoms. The Balaban J connectivity index is 1.22. The number of aromatic nitrogens is 6. The number of nitrogens with zero attached hydrogens (tertiary/aromatic N) is 7. The molecule has 3 aromatic heterocycles. The van der Waals surface area contributed by atoms with Crippen LogP contribution in [-0.4, -0.2) is 80.0 Å². The lowest BCUT2D eigenvalue weighted by molar-refractivity contribution is 0.0903. The standard InChI is InChI=1S/C31H38N8O4/c1-4-6-23-26-27(37(3)36-23)29(42)35-28(34-26)22-15-21(7-8-25(22)43-5-2)39-14-11-31(19-39)9-12-38(13-10-31)30-32-16-20(17-33-30)24(41)18-40/h7-8,15-17,40H,4-6,9-14,18-19H2,1-3H3,(H,34,35,42). The second-order valence-electron chi connectivity index (χ2n) is 11.6. The van der Waals surface area contributed by atoms with Crippen molar-refractivity contribution >= 4 is 28.5 Å². The van der Waals surface area contributed by atoms with Gasteiger partial charge in [-0.05, 0) is 56.2 Å². The first-order valence-corrected chi connectivity index (χ1v) is 15.0. The average Bonchev–Trinajstić information content (AvgIpc) is 3.58. The van der Waals surface area contributed by atoms with Crippen LogP contribution in [-0.2, 0) is 13.5 Å². The van der Waals surface area contributed by atoms with Crippen LogP contribution < -0.4 is 20.1 Å². The number of carbonyl (C=O) groups excluding carboxylic acids is 1. The number of Topliss-reactive ketones (excluding diaryl/α,β-unsaturated/α-hetero) is 1. The molecule has 2 aliphatic rings. The molecule has 0 unspecified atom stereocenters. The van der Waals surface area contributed by atoms with E-state index < -0.39 is 6.61 Å². The van der Waals surface area contributed by atoms with E-state index in [2.05, 4.69) is 48.9 Å². The van der Waals surface area contributed by atoms with E-state index in [1.807, 2.05) is 13.0 Å². The lowest BCUT2D eigenvalue weighted by Gasteiger charge is -2.39. The number of hydrogen-bond donors (Lipinski definition) is 2. The zero-order chi connectivity index (χ0) is 30.1. The number of hydrogen-bond acceptors (Lipinski definition) is 10. The summed E-state index contributed by atoms with van der Waals surface area (Å²) < 4.78 is 7.60. The average molecular weight is 587 g/mol.